The second-order valence-corrected chi connectivity index (χ2v) is 9.45. The lowest BCUT2D eigenvalue weighted by atomic mass is 10.3. The van der Waals surface area contributed by atoms with Gasteiger partial charge in [0.25, 0.3) is 0 Å². The summed E-state index contributed by atoms with van der Waals surface area (Å²) < 4.78 is 16.8. The number of hydrogen-bond acceptors (Lipinski definition) is 3. The van der Waals surface area contributed by atoms with Crippen LogP contribution in [-0.4, -0.2) is 12.4 Å². The number of hydrogen-bond donors (Lipinski definition) is 0. The Hall–Kier alpha value is 0.830. The van der Waals surface area contributed by atoms with Crippen molar-refractivity contribution in [2.45, 2.75) is 52.4 Å². The van der Waals surface area contributed by atoms with Gasteiger partial charge in [0, 0.05) is 5.75 Å². The second kappa shape index (κ2) is 10.0. The Morgan fingerprint density at radius 2 is 1.73 bits per heavy atom. The molecule has 0 heterocycles. The molecule has 0 aromatic rings. The van der Waals surface area contributed by atoms with E-state index in [0.717, 1.165) is 31.4 Å². The van der Waals surface area contributed by atoms with Crippen LogP contribution in [-0.2, 0) is 9.09 Å². The van der Waals surface area contributed by atoms with Gasteiger partial charge in [0.15, 0.2) is 0 Å². The maximum Gasteiger partial charge on any atom is 0.346 e. The van der Waals surface area contributed by atoms with Gasteiger partial charge in [0.1, 0.15) is 0 Å². The third-order valence-corrected chi connectivity index (χ3v) is 6.22. The van der Waals surface area contributed by atoms with Crippen molar-refractivity contribution in [1.29, 1.82) is 0 Å². The van der Waals surface area contributed by atoms with E-state index in [-0.39, 0.29) is 0 Å². The van der Waals surface area contributed by atoms with Crippen LogP contribution in [0.5, 0.6) is 0 Å². The van der Waals surface area contributed by atoms with Crippen molar-refractivity contribution in [1.82, 2.24) is 0 Å². The van der Waals surface area contributed by atoms with Crippen molar-refractivity contribution >= 4 is 28.5 Å². The van der Waals surface area contributed by atoms with Crippen LogP contribution in [0.15, 0.2) is 0 Å². The molecule has 1 atom stereocenters. The van der Waals surface area contributed by atoms with E-state index >= 15 is 0 Å². The normalized spacial score (nSPS) is 15.1. The highest BCUT2D eigenvalue weighted by molar-refractivity contribution is 8.63. The SMILES string of the molecule is CCCCCOP(=O)(Cl)SCCCCC. The molecule has 0 aliphatic heterocycles. The van der Waals surface area contributed by atoms with Crippen molar-refractivity contribution in [3.05, 3.63) is 0 Å². The molecule has 92 valence electrons. The van der Waals surface area contributed by atoms with E-state index in [2.05, 4.69) is 13.8 Å². The van der Waals surface area contributed by atoms with Crippen LogP contribution in [0.2, 0.25) is 0 Å². The third kappa shape index (κ3) is 11.1. The molecule has 0 aliphatic carbocycles. The van der Waals surface area contributed by atoms with Crippen LogP contribution in [0, 0.1) is 0 Å². The van der Waals surface area contributed by atoms with Crippen LogP contribution in [0.3, 0.4) is 0 Å². The molecular weight excluding hydrogens is 251 g/mol. The fourth-order valence-corrected chi connectivity index (χ4v) is 4.38. The molecule has 0 rings (SSSR count). The minimum Gasteiger partial charge on any atom is -0.310 e. The van der Waals surface area contributed by atoms with Gasteiger partial charge in [-0.25, -0.2) is 0 Å². The van der Waals surface area contributed by atoms with Gasteiger partial charge in [-0.1, -0.05) is 50.9 Å². The number of unbranched alkanes of at least 4 members (excludes halogenated alkanes) is 4. The molecule has 0 N–H and O–H groups in total. The Kier molecular flexibility index (Phi) is 10.6. The van der Waals surface area contributed by atoms with Crippen LogP contribution in [0.1, 0.15) is 52.4 Å². The fraction of sp³-hybridized carbons (Fsp3) is 1.00. The summed E-state index contributed by atoms with van der Waals surface area (Å²) in [5, 5.41) is 0. The maximum atomic E-state index is 11.6. The summed E-state index contributed by atoms with van der Waals surface area (Å²) in [4.78, 5) is 0. The van der Waals surface area contributed by atoms with Gasteiger partial charge >= 0.3 is 5.92 Å². The van der Waals surface area contributed by atoms with Crippen molar-refractivity contribution in [2.75, 3.05) is 12.4 Å². The van der Waals surface area contributed by atoms with Gasteiger partial charge in [-0.05, 0) is 24.1 Å². The van der Waals surface area contributed by atoms with Gasteiger partial charge in [0.05, 0.1) is 6.61 Å². The quantitative estimate of drug-likeness (QED) is 0.390. The van der Waals surface area contributed by atoms with Gasteiger partial charge in [-0.15, -0.1) is 0 Å². The van der Waals surface area contributed by atoms with E-state index in [9.17, 15) is 4.57 Å². The average Bonchev–Trinajstić information content (AvgIpc) is 2.20. The predicted molar refractivity (Wildman–Crippen MR) is 70.9 cm³/mol. The smallest absolute Gasteiger partial charge is 0.310 e. The lowest BCUT2D eigenvalue weighted by Crippen LogP contribution is -1.88. The minimum atomic E-state index is -2.88. The molecule has 0 aromatic heterocycles. The first-order valence-corrected chi connectivity index (χ1v) is 9.83. The van der Waals surface area contributed by atoms with E-state index < -0.39 is 5.92 Å². The zero-order valence-corrected chi connectivity index (χ0v) is 12.2. The Labute approximate surface area is 102 Å². The third-order valence-electron chi connectivity index (χ3n) is 1.99. The topological polar surface area (TPSA) is 26.3 Å². The van der Waals surface area contributed by atoms with Crippen molar-refractivity contribution in [2.24, 2.45) is 0 Å². The highest BCUT2D eigenvalue weighted by Gasteiger charge is 2.19. The maximum absolute atomic E-state index is 11.6. The van der Waals surface area contributed by atoms with E-state index in [1.54, 1.807) is 0 Å². The van der Waals surface area contributed by atoms with Crippen LogP contribution >= 0.6 is 28.5 Å². The zero-order valence-electron chi connectivity index (χ0n) is 9.71. The fourth-order valence-electron chi connectivity index (χ4n) is 1.09. The highest BCUT2D eigenvalue weighted by atomic mass is 35.7. The molecule has 0 radical (unpaired) electrons. The number of halogens is 1. The van der Waals surface area contributed by atoms with Crippen molar-refractivity contribution < 1.29 is 9.09 Å². The first kappa shape index (κ1) is 15.8. The van der Waals surface area contributed by atoms with Crippen molar-refractivity contribution in [3.63, 3.8) is 0 Å². The summed E-state index contributed by atoms with van der Waals surface area (Å²) in [6, 6.07) is 0. The van der Waals surface area contributed by atoms with Gasteiger partial charge in [0.2, 0.25) is 0 Å². The van der Waals surface area contributed by atoms with Crippen molar-refractivity contribution in [3.8, 4) is 0 Å². The van der Waals surface area contributed by atoms with Gasteiger partial charge in [-0.2, -0.15) is 0 Å². The minimum absolute atomic E-state index is 0.523. The molecular formula is C10H22ClO2PS. The molecule has 0 aromatic carbocycles. The van der Waals surface area contributed by atoms with Crippen LogP contribution in [0.25, 0.3) is 0 Å². The summed E-state index contributed by atoms with van der Waals surface area (Å²) in [6.07, 6.45) is 6.60. The Bertz CT molecular complexity index is 174. The van der Waals surface area contributed by atoms with Crippen LogP contribution < -0.4 is 0 Å². The van der Waals surface area contributed by atoms with E-state index in [1.165, 1.54) is 24.2 Å². The highest BCUT2D eigenvalue weighted by Crippen LogP contribution is 2.64. The zero-order chi connectivity index (χ0) is 11.6. The van der Waals surface area contributed by atoms with Gasteiger partial charge < -0.3 is 4.52 Å². The number of rotatable bonds is 10. The molecule has 0 amide bonds. The molecule has 15 heavy (non-hydrogen) atoms. The molecule has 2 nitrogen and oxygen atoms in total. The summed E-state index contributed by atoms with van der Waals surface area (Å²) in [5.41, 5.74) is 0. The Balaban J connectivity index is 3.45. The summed E-state index contributed by atoms with van der Waals surface area (Å²) in [6.45, 7) is 4.79. The summed E-state index contributed by atoms with van der Waals surface area (Å²) in [5.74, 6) is -2.05. The molecule has 1 unspecified atom stereocenters. The second-order valence-electron chi connectivity index (χ2n) is 3.51. The monoisotopic (exact) mass is 272 g/mol. The Morgan fingerprint density at radius 3 is 2.33 bits per heavy atom. The molecule has 5 heteroatoms. The lowest BCUT2D eigenvalue weighted by Gasteiger charge is -2.10. The molecule has 0 saturated carbocycles. The van der Waals surface area contributed by atoms with Crippen LogP contribution in [0.4, 0.5) is 0 Å². The standard InChI is InChI=1S/C10H22ClO2PS/c1-3-5-7-9-13-14(11,12)15-10-8-6-4-2/h3-10H2,1-2H3. The average molecular weight is 273 g/mol. The first-order valence-electron chi connectivity index (χ1n) is 5.71. The molecule has 0 aliphatic rings. The van der Waals surface area contributed by atoms with E-state index in [1.807, 2.05) is 0 Å². The summed E-state index contributed by atoms with van der Waals surface area (Å²) in [7, 11) is 0. The first-order chi connectivity index (χ1) is 7.12. The molecule has 0 saturated heterocycles. The molecule has 0 bridgehead atoms. The lowest BCUT2D eigenvalue weighted by molar-refractivity contribution is 0.323. The Morgan fingerprint density at radius 1 is 1.13 bits per heavy atom. The van der Waals surface area contributed by atoms with E-state index in [4.69, 9.17) is 15.8 Å². The molecule has 0 fully saturated rings. The van der Waals surface area contributed by atoms with E-state index in [0.29, 0.717) is 6.61 Å². The summed E-state index contributed by atoms with van der Waals surface area (Å²) >= 11 is 7.07. The largest absolute Gasteiger partial charge is 0.346 e. The molecule has 0 spiro atoms. The van der Waals surface area contributed by atoms with Gasteiger partial charge in [-0.3, -0.25) is 4.57 Å². The predicted octanol–water partition coefficient (Wildman–Crippen LogP) is 5.46.